The average Bonchev–Trinajstić information content (AvgIpc) is 3.07. The molecule has 0 atom stereocenters. The third kappa shape index (κ3) is 7.65. The zero-order valence-electron chi connectivity index (χ0n) is 25.7. The van der Waals surface area contributed by atoms with Gasteiger partial charge < -0.3 is 29.9 Å². The van der Waals surface area contributed by atoms with Crippen molar-refractivity contribution < 1.29 is 19.1 Å². The van der Waals surface area contributed by atoms with Gasteiger partial charge in [0, 0.05) is 69.3 Å². The Hall–Kier alpha value is -3.76. The summed E-state index contributed by atoms with van der Waals surface area (Å²) in [6.07, 6.45) is 7.13. The number of likely N-dealkylation sites (N-methyl/N-ethyl adjacent to an activating group) is 1. The molecule has 44 heavy (non-hydrogen) atoms. The molecular weight excluding hydrogens is 556 g/mol. The predicted molar refractivity (Wildman–Crippen MR) is 171 cm³/mol. The number of fused-ring (bicyclic) bond motifs is 1. The number of nitrogens with one attached hydrogen (secondary N) is 2. The Morgan fingerprint density at radius 1 is 0.909 bits per heavy atom. The van der Waals surface area contributed by atoms with E-state index >= 15 is 0 Å². The minimum atomic E-state index is -0.322. The summed E-state index contributed by atoms with van der Waals surface area (Å²) in [5.41, 5.74) is 3.07. The Labute approximate surface area is 259 Å². The van der Waals surface area contributed by atoms with Crippen molar-refractivity contribution in [3.05, 3.63) is 54.2 Å². The third-order valence-electron chi connectivity index (χ3n) is 9.33. The Morgan fingerprint density at radius 2 is 1.61 bits per heavy atom. The fourth-order valence-corrected chi connectivity index (χ4v) is 6.46. The molecule has 0 bridgehead atoms. The van der Waals surface area contributed by atoms with Gasteiger partial charge in [-0.1, -0.05) is 18.2 Å². The molecule has 0 radical (unpaired) electrons. The fraction of sp³-hybridized carbons (Fsp3) is 0.529. The molecule has 2 saturated heterocycles. The van der Waals surface area contributed by atoms with Gasteiger partial charge in [-0.15, -0.1) is 0 Å². The van der Waals surface area contributed by atoms with Crippen LogP contribution in [0.2, 0.25) is 0 Å². The van der Waals surface area contributed by atoms with E-state index in [2.05, 4.69) is 39.6 Å². The second-order valence-corrected chi connectivity index (χ2v) is 12.5. The van der Waals surface area contributed by atoms with Gasteiger partial charge in [0.25, 0.3) is 5.91 Å². The maximum absolute atomic E-state index is 13.5. The van der Waals surface area contributed by atoms with Crippen molar-refractivity contribution in [3.63, 3.8) is 0 Å². The van der Waals surface area contributed by atoms with Gasteiger partial charge in [0.05, 0.1) is 30.0 Å². The van der Waals surface area contributed by atoms with Crippen molar-refractivity contribution >= 4 is 28.7 Å². The number of para-hydroxylation sites is 1. The van der Waals surface area contributed by atoms with Crippen molar-refractivity contribution in [3.8, 4) is 11.3 Å². The van der Waals surface area contributed by atoms with Gasteiger partial charge in [-0.3, -0.25) is 4.79 Å². The van der Waals surface area contributed by atoms with Crippen LogP contribution >= 0.6 is 0 Å². The first-order valence-corrected chi connectivity index (χ1v) is 16.1. The summed E-state index contributed by atoms with van der Waals surface area (Å²) in [5.74, 6) is 1.75. The van der Waals surface area contributed by atoms with Crippen LogP contribution < -0.4 is 15.5 Å². The zero-order chi connectivity index (χ0) is 30.3. The van der Waals surface area contributed by atoms with Gasteiger partial charge in [-0.2, -0.15) is 0 Å². The van der Waals surface area contributed by atoms with Crippen LogP contribution in [0.5, 0.6) is 0 Å². The molecule has 10 heteroatoms. The highest BCUT2D eigenvalue weighted by atomic mass is 16.6. The smallest absolute Gasteiger partial charge is 0.407 e. The second kappa shape index (κ2) is 14.3. The molecule has 0 spiro atoms. The van der Waals surface area contributed by atoms with E-state index in [1.54, 1.807) is 0 Å². The van der Waals surface area contributed by atoms with Crippen molar-refractivity contribution in [2.45, 2.75) is 44.6 Å². The van der Waals surface area contributed by atoms with Crippen LogP contribution in [0.25, 0.3) is 22.2 Å². The number of pyridine rings is 2. The quantitative estimate of drug-likeness (QED) is 0.390. The molecule has 4 heterocycles. The van der Waals surface area contributed by atoms with E-state index in [9.17, 15) is 9.59 Å². The normalized spacial score (nSPS) is 21.6. The Balaban J connectivity index is 1.03. The van der Waals surface area contributed by atoms with Crippen molar-refractivity contribution in [2.24, 2.45) is 11.8 Å². The molecule has 3 aliphatic rings. The summed E-state index contributed by atoms with van der Waals surface area (Å²) in [5, 5.41) is 7.02. The lowest BCUT2D eigenvalue weighted by Gasteiger charge is -2.33. The highest BCUT2D eigenvalue weighted by Crippen LogP contribution is 2.29. The number of piperazine rings is 1. The minimum absolute atomic E-state index is 0.0407. The van der Waals surface area contributed by atoms with Crippen LogP contribution in [0, 0.1) is 11.8 Å². The van der Waals surface area contributed by atoms with Gasteiger partial charge >= 0.3 is 6.09 Å². The second-order valence-electron chi connectivity index (χ2n) is 12.5. The molecular formula is C34H44N6O4. The summed E-state index contributed by atoms with van der Waals surface area (Å²) in [6, 6.07) is 13.8. The van der Waals surface area contributed by atoms with E-state index in [1.165, 1.54) is 0 Å². The van der Waals surface area contributed by atoms with Crippen molar-refractivity contribution in [1.82, 2.24) is 25.5 Å². The number of hydrogen-bond donors (Lipinski definition) is 2. The molecule has 2 aliphatic heterocycles. The molecule has 0 unspecified atom stereocenters. The van der Waals surface area contributed by atoms with Gasteiger partial charge in [0.1, 0.15) is 11.9 Å². The lowest BCUT2D eigenvalue weighted by atomic mass is 9.82. The van der Waals surface area contributed by atoms with Crippen LogP contribution in [-0.2, 0) is 9.47 Å². The number of alkyl carbamates (subject to hydrolysis) is 1. The fourth-order valence-electron chi connectivity index (χ4n) is 6.46. The summed E-state index contributed by atoms with van der Waals surface area (Å²) in [6.45, 7) is 6.56. The predicted octanol–water partition coefficient (Wildman–Crippen LogP) is 4.49. The summed E-state index contributed by atoms with van der Waals surface area (Å²) in [4.78, 5) is 40.0. The van der Waals surface area contributed by atoms with E-state index in [1.807, 2.05) is 36.5 Å². The summed E-state index contributed by atoms with van der Waals surface area (Å²) in [7, 11) is 2.15. The number of benzene rings is 1. The molecule has 10 nitrogen and oxygen atoms in total. The largest absolute Gasteiger partial charge is 0.446 e. The van der Waals surface area contributed by atoms with Crippen molar-refractivity contribution in [2.75, 3.05) is 64.4 Å². The summed E-state index contributed by atoms with van der Waals surface area (Å²) < 4.78 is 10.8. The van der Waals surface area contributed by atoms with Crippen LogP contribution in [0.15, 0.2) is 48.7 Å². The molecule has 1 aromatic carbocycles. The molecule has 2 amide bonds. The number of hydrogen-bond acceptors (Lipinski definition) is 8. The first kappa shape index (κ1) is 30.3. The first-order chi connectivity index (χ1) is 21.5. The molecule has 6 rings (SSSR count). The lowest BCUT2D eigenvalue weighted by Crippen LogP contribution is -2.44. The van der Waals surface area contributed by atoms with Crippen LogP contribution in [-0.4, -0.2) is 92.5 Å². The maximum Gasteiger partial charge on any atom is 0.407 e. The van der Waals surface area contributed by atoms with Gasteiger partial charge in [-0.25, -0.2) is 14.8 Å². The highest BCUT2D eigenvalue weighted by molar-refractivity contribution is 6.07. The van der Waals surface area contributed by atoms with Gasteiger partial charge in [-0.05, 0) is 68.8 Å². The number of anilines is 1. The van der Waals surface area contributed by atoms with Crippen LogP contribution in [0.3, 0.4) is 0 Å². The Bertz CT molecular complexity index is 1410. The number of aromatic nitrogens is 2. The third-order valence-corrected chi connectivity index (χ3v) is 9.33. The molecule has 2 aromatic heterocycles. The van der Waals surface area contributed by atoms with E-state index in [0.717, 1.165) is 92.7 Å². The minimum Gasteiger partial charge on any atom is -0.446 e. The molecule has 2 N–H and O–H groups in total. The molecule has 1 saturated carbocycles. The van der Waals surface area contributed by atoms with Gasteiger partial charge in [0.2, 0.25) is 0 Å². The number of rotatable bonds is 8. The number of amides is 2. The van der Waals surface area contributed by atoms with Crippen LogP contribution in [0.1, 0.15) is 48.9 Å². The van der Waals surface area contributed by atoms with E-state index in [-0.39, 0.29) is 18.1 Å². The van der Waals surface area contributed by atoms with Crippen molar-refractivity contribution in [1.29, 1.82) is 0 Å². The van der Waals surface area contributed by atoms with Gasteiger partial charge in [0.15, 0.2) is 0 Å². The number of carbonyl (C=O) groups is 2. The standard InChI is InChI=1S/C34H44N6O4/c1-39-14-16-40(17-15-39)32-11-10-26(23-35-32)31-20-29(28-4-2-3-5-30(28)38-31)33(41)36-21-24-6-8-25(9-7-24)22-37-34(42)44-27-12-18-43-19-13-27/h2-5,10-11,20,23-25,27H,6-9,12-19,21-22H2,1H3,(H,36,41)(H,37,42)/t24-,25-. The van der Waals surface area contributed by atoms with E-state index in [4.69, 9.17) is 19.4 Å². The van der Waals surface area contributed by atoms with Crippen LogP contribution in [0.4, 0.5) is 10.6 Å². The van der Waals surface area contributed by atoms with E-state index < -0.39 is 0 Å². The molecule has 234 valence electrons. The Morgan fingerprint density at radius 3 is 2.32 bits per heavy atom. The summed E-state index contributed by atoms with van der Waals surface area (Å²) >= 11 is 0. The SMILES string of the molecule is CN1CCN(c2ccc(-c3cc(C(=O)NC[C@H]4CC[C@H](CNC(=O)OC5CCOCC5)CC4)c4ccccc4n3)cn2)CC1. The molecule has 1 aliphatic carbocycles. The lowest BCUT2D eigenvalue weighted by molar-refractivity contribution is 0.00123. The first-order valence-electron chi connectivity index (χ1n) is 16.1. The maximum atomic E-state index is 13.5. The topological polar surface area (TPSA) is 109 Å². The van der Waals surface area contributed by atoms with E-state index in [0.29, 0.717) is 43.7 Å². The molecule has 3 fully saturated rings. The molecule has 3 aromatic rings. The highest BCUT2D eigenvalue weighted by Gasteiger charge is 2.24. The Kier molecular flexibility index (Phi) is 9.87. The zero-order valence-corrected chi connectivity index (χ0v) is 25.7. The average molecular weight is 601 g/mol. The number of ether oxygens (including phenoxy) is 2. The monoisotopic (exact) mass is 600 g/mol. The number of carbonyl (C=O) groups excluding carboxylic acids is 2. The number of nitrogens with zero attached hydrogens (tertiary/aromatic N) is 4.